The molecule has 0 amide bonds. The number of rotatable bonds is 7. The number of piperidine rings is 1. The quantitative estimate of drug-likeness (QED) is 0.374. The number of nitrogens with two attached hydrogens (primary N) is 1. The Morgan fingerprint density at radius 3 is 2.64 bits per heavy atom. The molecule has 2 aromatic rings. The van der Waals surface area contributed by atoms with E-state index in [9.17, 15) is 5.11 Å². The van der Waals surface area contributed by atoms with E-state index in [1.54, 1.807) is 18.2 Å². The first kappa shape index (κ1) is 19.8. The summed E-state index contributed by atoms with van der Waals surface area (Å²) in [5.74, 6) is 1.05. The Labute approximate surface area is 165 Å². The van der Waals surface area contributed by atoms with E-state index in [0.29, 0.717) is 23.8 Å². The molecule has 0 aromatic heterocycles. The Kier molecular flexibility index (Phi) is 6.55. The van der Waals surface area contributed by atoms with Crippen molar-refractivity contribution in [2.45, 2.75) is 25.9 Å². The minimum absolute atomic E-state index is 0.0165. The summed E-state index contributed by atoms with van der Waals surface area (Å²) < 4.78 is 6.02. The van der Waals surface area contributed by atoms with Gasteiger partial charge in [0.25, 0.3) is 0 Å². The number of benzene rings is 2. The zero-order chi connectivity index (χ0) is 19.9. The minimum atomic E-state index is -0.0165. The maximum Gasteiger partial charge on any atom is 0.122 e. The first-order valence-electron chi connectivity index (χ1n) is 9.57. The van der Waals surface area contributed by atoms with Crippen molar-refractivity contribution in [2.75, 3.05) is 25.0 Å². The second-order valence-electron chi connectivity index (χ2n) is 7.12. The minimum Gasteiger partial charge on any atom is -0.507 e. The van der Waals surface area contributed by atoms with E-state index in [1.165, 1.54) is 0 Å². The van der Waals surface area contributed by atoms with Gasteiger partial charge >= 0.3 is 0 Å². The Balaban J connectivity index is 1.56. The van der Waals surface area contributed by atoms with Gasteiger partial charge in [0.15, 0.2) is 0 Å². The number of amidine groups is 1. The van der Waals surface area contributed by atoms with E-state index in [0.717, 1.165) is 42.9 Å². The number of anilines is 1. The zero-order valence-electron chi connectivity index (χ0n) is 16.2. The van der Waals surface area contributed by atoms with Crippen molar-refractivity contribution in [3.05, 3.63) is 59.2 Å². The molecule has 28 heavy (non-hydrogen) atoms. The van der Waals surface area contributed by atoms with Crippen LogP contribution in [-0.2, 0) is 0 Å². The standard InChI is InChI=1S/C22H28N4O2/c1-15(12-17-13-16(22(23)24)2-7-21(17)27)14-26-18-3-5-19(6-4-18)28-20-8-10-25-11-9-20/h2-7,12-13,20,25-27H,8-11,14H2,1H3,(H3,23,24). The fraction of sp³-hybridized carbons (Fsp3) is 0.318. The van der Waals surface area contributed by atoms with Gasteiger partial charge in [-0.1, -0.05) is 11.6 Å². The van der Waals surface area contributed by atoms with Crippen molar-refractivity contribution in [1.82, 2.24) is 5.32 Å². The molecule has 0 saturated carbocycles. The van der Waals surface area contributed by atoms with E-state index in [-0.39, 0.29) is 11.6 Å². The number of nitrogens with one attached hydrogen (secondary N) is 3. The molecule has 3 rings (SSSR count). The second kappa shape index (κ2) is 9.28. The number of nitrogen functional groups attached to an aromatic ring is 1. The average molecular weight is 380 g/mol. The Bertz CT molecular complexity index is 840. The van der Waals surface area contributed by atoms with Crippen LogP contribution in [0.25, 0.3) is 6.08 Å². The molecule has 2 aromatic carbocycles. The van der Waals surface area contributed by atoms with E-state index >= 15 is 0 Å². The van der Waals surface area contributed by atoms with E-state index in [4.69, 9.17) is 15.9 Å². The van der Waals surface area contributed by atoms with Crippen LogP contribution in [0.15, 0.2) is 48.0 Å². The summed E-state index contributed by atoms with van der Waals surface area (Å²) in [5.41, 5.74) is 8.82. The summed E-state index contributed by atoms with van der Waals surface area (Å²) in [4.78, 5) is 0. The zero-order valence-corrected chi connectivity index (χ0v) is 16.2. The van der Waals surface area contributed by atoms with Gasteiger partial charge in [-0.15, -0.1) is 0 Å². The summed E-state index contributed by atoms with van der Waals surface area (Å²) in [6.45, 7) is 4.65. The highest BCUT2D eigenvalue weighted by Gasteiger charge is 2.14. The lowest BCUT2D eigenvalue weighted by molar-refractivity contribution is 0.162. The third-order valence-electron chi connectivity index (χ3n) is 4.76. The first-order valence-corrected chi connectivity index (χ1v) is 9.57. The number of ether oxygens (including phenoxy) is 1. The molecule has 0 spiro atoms. The van der Waals surface area contributed by atoms with E-state index < -0.39 is 0 Å². The Hall–Kier alpha value is -2.99. The predicted octanol–water partition coefficient (Wildman–Crippen LogP) is 3.32. The van der Waals surface area contributed by atoms with Crippen LogP contribution in [0, 0.1) is 5.41 Å². The molecule has 6 nitrogen and oxygen atoms in total. The highest BCUT2D eigenvalue weighted by Crippen LogP contribution is 2.22. The monoisotopic (exact) mass is 380 g/mol. The van der Waals surface area contributed by atoms with Gasteiger partial charge in [-0.2, -0.15) is 0 Å². The summed E-state index contributed by atoms with van der Waals surface area (Å²) in [5, 5.41) is 24.3. The molecule has 0 aliphatic carbocycles. The lowest BCUT2D eigenvalue weighted by Gasteiger charge is -2.23. The van der Waals surface area contributed by atoms with Crippen LogP contribution < -0.4 is 21.1 Å². The lowest BCUT2D eigenvalue weighted by Crippen LogP contribution is -2.34. The molecule has 1 aliphatic heterocycles. The smallest absolute Gasteiger partial charge is 0.122 e. The lowest BCUT2D eigenvalue weighted by atomic mass is 10.1. The third kappa shape index (κ3) is 5.50. The molecule has 0 bridgehead atoms. The van der Waals surface area contributed by atoms with Crippen LogP contribution >= 0.6 is 0 Å². The van der Waals surface area contributed by atoms with Gasteiger partial charge in [-0.3, -0.25) is 5.41 Å². The number of hydrogen-bond donors (Lipinski definition) is 5. The molecular formula is C22H28N4O2. The topological polar surface area (TPSA) is 103 Å². The highest BCUT2D eigenvalue weighted by molar-refractivity contribution is 5.95. The Morgan fingerprint density at radius 2 is 1.96 bits per heavy atom. The van der Waals surface area contributed by atoms with Gasteiger partial charge in [-0.05, 0) is 75.3 Å². The molecule has 0 atom stereocenters. The van der Waals surface area contributed by atoms with Crippen molar-refractivity contribution < 1.29 is 9.84 Å². The largest absolute Gasteiger partial charge is 0.507 e. The maximum atomic E-state index is 10.0. The normalized spacial score (nSPS) is 15.2. The second-order valence-corrected chi connectivity index (χ2v) is 7.12. The highest BCUT2D eigenvalue weighted by atomic mass is 16.5. The fourth-order valence-corrected chi connectivity index (χ4v) is 3.15. The van der Waals surface area contributed by atoms with E-state index in [1.807, 2.05) is 37.3 Å². The molecule has 1 fully saturated rings. The molecule has 6 N–H and O–H groups in total. The number of hydrogen-bond acceptors (Lipinski definition) is 5. The SMILES string of the molecule is CC(=Cc1cc(C(=N)N)ccc1O)CNc1ccc(OC2CCNCC2)cc1. The molecule has 0 unspecified atom stereocenters. The average Bonchev–Trinajstić information content (AvgIpc) is 2.70. The Morgan fingerprint density at radius 1 is 1.25 bits per heavy atom. The van der Waals surface area contributed by atoms with E-state index in [2.05, 4.69) is 10.6 Å². The van der Waals surface area contributed by atoms with Crippen molar-refractivity contribution in [3.63, 3.8) is 0 Å². The van der Waals surface area contributed by atoms with Crippen LogP contribution in [0.4, 0.5) is 5.69 Å². The third-order valence-corrected chi connectivity index (χ3v) is 4.76. The molecule has 1 aliphatic rings. The van der Waals surface area contributed by atoms with Crippen LogP contribution in [0.3, 0.4) is 0 Å². The van der Waals surface area contributed by atoms with Crippen molar-refractivity contribution in [1.29, 1.82) is 5.41 Å². The van der Waals surface area contributed by atoms with Gasteiger partial charge in [0.05, 0.1) is 0 Å². The van der Waals surface area contributed by atoms with Crippen molar-refractivity contribution in [3.8, 4) is 11.5 Å². The first-order chi connectivity index (χ1) is 13.5. The summed E-state index contributed by atoms with van der Waals surface area (Å²) >= 11 is 0. The summed E-state index contributed by atoms with van der Waals surface area (Å²) in [6, 6.07) is 12.9. The number of phenols is 1. The van der Waals surface area contributed by atoms with Gasteiger partial charge in [0.2, 0.25) is 0 Å². The molecule has 148 valence electrons. The van der Waals surface area contributed by atoms with Gasteiger partial charge in [0, 0.05) is 23.4 Å². The predicted molar refractivity (Wildman–Crippen MR) is 114 cm³/mol. The summed E-state index contributed by atoms with van der Waals surface area (Å²) in [6.07, 6.45) is 4.27. The van der Waals surface area contributed by atoms with Crippen LogP contribution in [0.5, 0.6) is 11.5 Å². The molecule has 1 heterocycles. The van der Waals surface area contributed by atoms with Crippen LogP contribution in [0.1, 0.15) is 30.9 Å². The van der Waals surface area contributed by atoms with Gasteiger partial charge in [0.1, 0.15) is 23.4 Å². The molecule has 6 heteroatoms. The molecule has 0 radical (unpaired) electrons. The number of aromatic hydroxyl groups is 1. The van der Waals surface area contributed by atoms with Crippen molar-refractivity contribution in [2.24, 2.45) is 5.73 Å². The van der Waals surface area contributed by atoms with Crippen molar-refractivity contribution >= 4 is 17.6 Å². The van der Waals surface area contributed by atoms with Gasteiger partial charge < -0.3 is 26.2 Å². The van der Waals surface area contributed by atoms with Crippen LogP contribution in [0.2, 0.25) is 0 Å². The number of phenolic OH excluding ortho intramolecular Hbond substituents is 1. The fourth-order valence-electron chi connectivity index (χ4n) is 3.15. The van der Waals surface area contributed by atoms with Crippen LogP contribution in [-0.4, -0.2) is 36.7 Å². The van der Waals surface area contributed by atoms with Gasteiger partial charge in [-0.25, -0.2) is 0 Å². The summed E-state index contributed by atoms with van der Waals surface area (Å²) in [7, 11) is 0. The molecule has 1 saturated heterocycles. The maximum absolute atomic E-state index is 10.0. The molecular weight excluding hydrogens is 352 g/mol.